The van der Waals surface area contributed by atoms with Gasteiger partial charge in [-0.3, -0.25) is 0 Å². The van der Waals surface area contributed by atoms with Crippen LogP contribution in [0, 0.1) is 11.3 Å². The van der Waals surface area contributed by atoms with Crippen molar-refractivity contribution in [1.82, 2.24) is 0 Å². The third-order valence-corrected chi connectivity index (χ3v) is 2.60. The fourth-order valence-electron chi connectivity index (χ4n) is 1.64. The van der Waals surface area contributed by atoms with Crippen molar-refractivity contribution in [2.24, 2.45) is 5.73 Å². The van der Waals surface area contributed by atoms with Crippen LogP contribution in [-0.4, -0.2) is 19.3 Å². The third kappa shape index (κ3) is 3.94. The lowest BCUT2D eigenvalue weighted by Gasteiger charge is -2.16. The maximum atomic E-state index is 8.96. The molecule has 2 N–H and O–H groups in total. The van der Waals surface area contributed by atoms with Crippen molar-refractivity contribution >= 4 is 0 Å². The molecule has 2 unspecified atom stereocenters. The van der Waals surface area contributed by atoms with Crippen molar-refractivity contribution in [1.29, 1.82) is 5.26 Å². The second-order valence-electron chi connectivity index (χ2n) is 4.30. The van der Waals surface area contributed by atoms with E-state index in [9.17, 15) is 0 Å². The lowest BCUT2D eigenvalue weighted by atomic mass is 10.1. The van der Waals surface area contributed by atoms with Crippen molar-refractivity contribution in [3.63, 3.8) is 0 Å². The Bertz CT molecular complexity index is 424. The van der Waals surface area contributed by atoms with Crippen LogP contribution in [0.3, 0.4) is 0 Å². The van der Waals surface area contributed by atoms with Gasteiger partial charge in [-0.1, -0.05) is 13.0 Å². The monoisotopic (exact) mass is 248 g/mol. The van der Waals surface area contributed by atoms with Gasteiger partial charge >= 0.3 is 0 Å². The molecule has 0 spiro atoms. The van der Waals surface area contributed by atoms with Gasteiger partial charge in [-0.25, -0.2) is 0 Å². The highest BCUT2D eigenvalue weighted by Crippen LogP contribution is 2.27. The lowest BCUT2D eigenvalue weighted by Crippen LogP contribution is -2.19. The molecule has 18 heavy (non-hydrogen) atoms. The van der Waals surface area contributed by atoms with Crippen LogP contribution in [0.4, 0.5) is 0 Å². The first-order valence-electron chi connectivity index (χ1n) is 6.09. The molecule has 0 saturated carbocycles. The van der Waals surface area contributed by atoms with Crippen molar-refractivity contribution in [2.45, 2.75) is 38.8 Å². The minimum atomic E-state index is -0.441. The molecule has 0 heterocycles. The minimum Gasteiger partial charge on any atom is -0.497 e. The fraction of sp³-hybridized carbons (Fsp3) is 0.500. The number of hydrogen-bond acceptors (Lipinski definition) is 4. The fourth-order valence-corrected chi connectivity index (χ4v) is 1.64. The zero-order chi connectivity index (χ0) is 13.5. The summed E-state index contributed by atoms with van der Waals surface area (Å²) >= 11 is 0. The Morgan fingerprint density at radius 2 is 2.17 bits per heavy atom. The summed E-state index contributed by atoms with van der Waals surface area (Å²) in [6.45, 7) is 3.86. The van der Waals surface area contributed by atoms with Gasteiger partial charge in [0.05, 0.1) is 7.11 Å². The van der Waals surface area contributed by atoms with E-state index >= 15 is 0 Å². The van der Waals surface area contributed by atoms with Gasteiger partial charge in [0, 0.05) is 12.1 Å². The predicted octanol–water partition coefficient (Wildman–Crippen LogP) is 2.27. The number of nitriles is 1. The average molecular weight is 248 g/mol. The van der Waals surface area contributed by atoms with Crippen LogP contribution < -0.4 is 15.2 Å². The van der Waals surface area contributed by atoms with E-state index in [2.05, 4.69) is 6.07 Å². The first kappa shape index (κ1) is 14.3. The number of nitrogens with zero attached hydrogens (tertiary/aromatic N) is 1. The summed E-state index contributed by atoms with van der Waals surface area (Å²) in [4.78, 5) is 0. The summed E-state index contributed by atoms with van der Waals surface area (Å²) in [5, 5.41) is 8.96. The van der Waals surface area contributed by atoms with Gasteiger partial charge < -0.3 is 15.2 Å². The van der Waals surface area contributed by atoms with Gasteiger partial charge in [-0.05, 0) is 31.4 Å². The molecule has 0 saturated heterocycles. The maximum Gasteiger partial charge on any atom is 0.184 e. The van der Waals surface area contributed by atoms with Crippen molar-refractivity contribution in [3.8, 4) is 17.6 Å². The summed E-state index contributed by atoms with van der Waals surface area (Å²) < 4.78 is 10.9. The van der Waals surface area contributed by atoms with E-state index < -0.39 is 6.10 Å². The number of benzene rings is 1. The van der Waals surface area contributed by atoms with Gasteiger partial charge in [0.25, 0.3) is 0 Å². The molecule has 0 aliphatic carbocycles. The second-order valence-corrected chi connectivity index (χ2v) is 4.30. The molecule has 98 valence electrons. The predicted molar refractivity (Wildman–Crippen MR) is 70.7 cm³/mol. The summed E-state index contributed by atoms with van der Waals surface area (Å²) in [6, 6.07) is 7.78. The number of ether oxygens (including phenoxy) is 2. The zero-order valence-electron chi connectivity index (χ0n) is 11.1. The minimum absolute atomic E-state index is 0.0444. The summed E-state index contributed by atoms with van der Waals surface area (Å²) in [5.41, 5.74) is 6.81. The van der Waals surface area contributed by atoms with Gasteiger partial charge in [0.2, 0.25) is 0 Å². The molecule has 0 bridgehead atoms. The molecular weight excluding hydrogens is 228 g/mol. The molecular formula is C14H20N2O2. The summed E-state index contributed by atoms with van der Waals surface area (Å²) in [7, 11) is 1.60. The van der Waals surface area contributed by atoms with Crippen LogP contribution in [0.25, 0.3) is 0 Å². The Hall–Kier alpha value is -1.73. The van der Waals surface area contributed by atoms with E-state index in [0.717, 1.165) is 5.56 Å². The van der Waals surface area contributed by atoms with E-state index in [-0.39, 0.29) is 6.04 Å². The first-order valence-corrected chi connectivity index (χ1v) is 6.09. The molecule has 0 aromatic heterocycles. The highest BCUT2D eigenvalue weighted by Gasteiger charge is 2.12. The van der Waals surface area contributed by atoms with Crippen LogP contribution in [0.2, 0.25) is 0 Å². The molecule has 1 aromatic rings. The van der Waals surface area contributed by atoms with Gasteiger partial charge in [-0.15, -0.1) is 0 Å². The molecule has 1 rings (SSSR count). The smallest absolute Gasteiger partial charge is 0.184 e. The van der Waals surface area contributed by atoms with Gasteiger partial charge in [-0.2, -0.15) is 5.26 Å². The molecule has 1 aromatic carbocycles. The highest BCUT2D eigenvalue weighted by molar-refractivity contribution is 5.41. The quantitative estimate of drug-likeness (QED) is 0.838. The third-order valence-electron chi connectivity index (χ3n) is 2.60. The number of methoxy groups -OCH3 is 1. The molecule has 4 heteroatoms. The standard InChI is InChI=1S/C14H20N2O2/c1-4-12(9-15)18-14-8-13(17-3)6-5-11(14)7-10(2)16/h5-6,8,10,12H,4,7,16H2,1-3H3. The van der Waals surface area contributed by atoms with E-state index in [1.807, 2.05) is 26.0 Å². The zero-order valence-corrected chi connectivity index (χ0v) is 11.1. The van der Waals surface area contributed by atoms with Crippen LogP contribution in [0.15, 0.2) is 18.2 Å². The van der Waals surface area contributed by atoms with Crippen LogP contribution >= 0.6 is 0 Å². The lowest BCUT2D eigenvalue weighted by molar-refractivity contribution is 0.247. The SMILES string of the molecule is CCC(C#N)Oc1cc(OC)ccc1CC(C)N. The van der Waals surface area contributed by atoms with Crippen LogP contribution in [-0.2, 0) is 6.42 Å². The van der Waals surface area contributed by atoms with Crippen LogP contribution in [0.5, 0.6) is 11.5 Å². The summed E-state index contributed by atoms with van der Waals surface area (Å²) in [5.74, 6) is 1.39. The molecule has 4 nitrogen and oxygen atoms in total. The number of hydrogen-bond donors (Lipinski definition) is 1. The normalized spacial score (nSPS) is 13.5. The van der Waals surface area contributed by atoms with E-state index in [0.29, 0.717) is 24.3 Å². The van der Waals surface area contributed by atoms with Crippen LogP contribution in [0.1, 0.15) is 25.8 Å². The molecule has 0 aliphatic rings. The summed E-state index contributed by atoms with van der Waals surface area (Å²) in [6.07, 6.45) is 0.913. The molecule has 0 aliphatic heterocycles. The Balaban J connectivity index is 3.00. The number of rotatable bonds is 6. The second kappa shape index (κ2) is 6.87. The highest BCUT2D eigenvalue weighted by atomic mass is 16.5. The van der Waals surface area contributed by atoms with Gasteiger partial charge in [0.1, 0.15) is 17.6 Å². The van der Waals surface area contributed by atoms with Gasteiger partial charge in [0.15, 0.2) is 6.10 Å². The Labute approximate surface area is 108 Å². The van der Waals surface area contributed by atoms with E-state index in [1.165, 1.54) is 0 Å². The van der Waals surface area contributed by atoms with E-state index in [4.69, 9.17) is 20.5 Å². The Morgan fingerprint density at radius 3 is 2.67 bits per heavy atom. The maximum absolute atomic E-state index is 8.96. The molecule has 2 atom stereocenters. The first-order chi connectivity index (χ1) is 8.60. The molecule has 0 amide bonds. The Morgan fingerprint density at radius 1 is 1.44 bits per heavy atom. The van der Waals surface area contributed by atoms with E-state index in [1.54, 1.807) is 13.2 Å². The molecule has 0 fully saturated rings. The average Bonchev–Trinajstić information content (AvgIpc) is 2.36. The Kier molecular flexibility index (Phi) is 5.47. The topological polar surface area (TPSA) is 68.3 Å². The van der Waals surface area contributed by atoms with Crippen molar-refractivity contribution in [2.75, 3.05) is 7.11 Å². The molecule has 0 radical (unpaired) electrons. The largest absolute Gasteiger partial charge is 0.497 e. The van der Waals surface area contributed by atoms with Crippen molar-refractivity contribution in [3.05, 3.63) is 23.8 Å². The number of nitrogens with two attached hydrogens (primary N) is 1. The van der Waals surface area contributed by atoms with Crippen molar-refractivity contribution < 1.29 is 9.47 Å².